The Kier molecular flexibility index (Phi) is 4.29. The maximum absolute atomic E-state index is 12.5. The van der Waals surface area contributed by atoms with Gasteiger partial charge in [-0.15, -0.1) is 0 Å². The molecule has 0 bridgehead atoms. The number of nitrogens with zero attached hydrogens (tertiary/aromatic N) is 1. The Labute approximate surface area is 124 Å². The molecule has 1 aliphatic heterocycles. The molecule has 0 radical (unpaired) electrons. The number of hydrogen-bond donors (Lipinski definition) is 0. The van der Waals surface area contributed by atoms with Gasteiger partial charge in [0.2, 0.25) is 12.7 Å². The lowest BCUT2D eigenvalue weighted by atomic mass is 9.84. The van der Waals surface area contributed by atoms with Crippen LogP contribution in [0.2, 0.25) is 0 Å². The van der Waals surface area contributed by atoms with Gasteiger partial charge in [0.15, 0.2) is 11.5 Å². The highest BCUT2D eigenvalue weighted by molar-refractivity contribution is 5.79. The van der Waals surface area contributed by atoms with E-state index in [-0.39, 0.29) is 18.6 Å². The van der Waals surface area contributed by atoms with E-state index in [1.165, 1.54) is 6.42 Å². The second-order valence-electron chi connectivity index (χ2n) is 5.57. The SMILES string of the molecule is COCCN(Cc1ccc2c(c1)OCO2)C(=O)C1CCC1. The van der Waals surface area contributed by atoms with Gasteiger partial charge in [-0.25, -0.2) is 0 Å². The molecule has 114 valence electrons. The lowest BCUT2D eigenvalue weighted by Crippen LogP contribution is -2.40. The van der Waals surface area contributed by atoms with Gasteiger partial charge in [0.25, 0.3) is 0 Å². The fourth-order valence-corrected chi connectivity index (χ4v) is 2.64. The molecule has 5 heteroatoms. The van der Waals surface area contributed by atoms with Crippen LogP contribution in [-0.4, -0.2) is 37.9 Å². The normalized spacial score (nSPS) is 16.6. The van der Waals surface area contributed by atoms with Crippen molar-refractivity contribution < 1.29 is 19.0 Å². The lowest BCUT2D eigenvalue weighted by molar-refractivity contribution is -0.139. The van der Waals surface area contributed by atoms with Gasteiger partial charge in [-0.2, -0.15) is 0 Å². The van der Waals surface area contributed by atoms with Gasteiger partial charge in [0.05, 0.1) is 6.61 Å². The van der Waals surface area contributed by atoms with Gasteiger partial charge in [-0.05, 0) is 30.5 Å². The third kappa shape index (κ3) is 3.13. The molecule has 1 fully saturated rings. The summed E-state index contributed by atoms with van der Waals surface area (Å²) in [7, 11) is 1.66. The fourth-order valence-electron chi connectivity index (χ4n) is 2.64. The Hall–Kier alpha value is -1.75. The molecule has 1 aliphatic carbocycles. The summed E-state index contributed by atoms with van der Waals surface area (Å²) >= 11 is 0. The zero-order valence-corrected chi connectivity index (χ0v) is 12.3. The summed E-state index contributed by atoms with van der Waals surface area (Å²) in [5, 5.41) is 0. The second kappa shape index (κ2) is 6.35. The van der Waals surface area contributed by atoms with Crippen molar-refractivity contribution in [3.8, 4) is 11.5 Å². The molecule has 1 heterocycles. The summed E-state index contributed by atoms with van der Waals surface area (Å²) in [5.41, 5.74) is 1.06. The predicted octanol–water partition coefficient (Wildman–Crippen LogP) is 2.19. The number of carbonyl (C=O) groups excluding carboxylic acids is 1. The maximum Gasteiger partial charge on any atom is 0.231 e. The summed E-state index contributed by atoms with van der Waals surface area (Å²) < 4.78 is 15.8. The van der Waals surface area contributed by atoms with Crippen molar-refractivity contribution in [1.82, 2.24) is 4.90 Å². The van der Waals surface area contributed by atoms with E-state index >= 15 is 0 Å². The van der Waals surface area contributed by atoms with Crippen LogP contribution in [0.25, 0.3) is 0 Å². The maximum atomic E-state index is 12.5. The smallest absolute Gasteiger partial charge is 0.231 e. The van der Waals surface area contributed by atoms with Crippen LogP contribution < -0.4 is 9.47 Å². The molecule has 0 spiro atoms. The number of methoxy groups -OCH3 is 1. The van der Waals surface area contributed by atoms with E-state index in [1.807, 2.05) is 23.1 Å². The Morgan fingerprint density at radius 1 is 1.33 bits per heavy atom. The van der Waals surface area contributed by atoms with Gasteiger partial charge >= 0.3 is 0 Å². The summed E-state index contributed by atoms with van der Waals surface area (Å²) in [6, 6.07) is 5.84. The van der Waals surface area contributed by atoms with Crippen LogP contribution in [0.5, 0.6) is 11.5 Å². The highest BCUT2D eigenvalue weighted by Gasteiger charge is 2.29. The quantitative estimate of drug-likeness (QED) is 0.806. The molecule has 0 unspecified atom stereocenters. The number of amides is 1. The minimum absolute atomic E-state index is 0.205. The van der Waals surface area contributed by atoms with Crippen LogP contribution >= 0.6 is 0 Å². The molecule has 3 rings (SSSR count). The Balaban J connectivity index is 1.69. The monoisotopic (exact) mass is 291 g/mol. The molecule has 5 nitrogen and oxygen atoms in total. The zero-order chi connectivity index (χ0) is 14.7. The molecule has 0 aromatic heterocycles. The highest BCUT2D eigenvalue weighted by atomic mass is 16.7. The van der Waals surface area contributed by atoms with E-state index in [1.54, 1.807) is 7.11 Å². The van der Waals surface area contributed by atoms with Crippen LogP contribution in [0.15, 0.2) is 18.2 Å². The summed E-state index contributed by atoms with van der Waals surface area (Å²) in [5.74, 6) is 1.98. The van der Waals surface area contributed by atoms with Crippen molar-refractivity contribution in [1.29, 1.82) is 0 Å². The van der Waals surface area contributed by atoms with Crippen LogP contribution in [0.1, 0.15) is 24.8 Å². The molecule has 0 atom stereocenters. The number of carbonyl (C=O) groups is 1. The van der Waals surface area contributed by atoms with Crippen LogP contribution in [0.3, 0.4) is 0 Å². The molecule has 1 aromatic rings. The average molecular weight is 291 g/mol. The van der Waals surface area contributed by atoms with Crippen molar-refractivity contribution in [2.45, 2.75) is 25.8 Å². The molecular weight excluding hydrogens is 270 g/mol. The van der Waals surface area contributed by atoms with E-state index in [2.05, 4.69) is 0 Å². The fraction of sp³-hybridized carbons (Fsp3) is 0.562. The molecule has 0 saturated heterocycles. The van der Waals surface area contributed by atoms with Crippen LogP contribution in [0, 0.1) is 5.92 Å². The summed E-state index contributed by atoms with van der Waals surface area (Å²) in [6.07, 6.45) is 3.20. The standard InChI is InChI=1S/C16H21NO4/c1-19-8-7-17(16(18)13-3-2-4-13)10-12-5-6-14-15(9-12)21-11-20-14/h5-6,9,13H,2-4,7-8,10-11H2,1H3. The van der Waals surface area contributed by atoms with Crippen LogP contribution in [0.4, 0.5) is 0 Å². The van der Waals surface area contributed by atoms with Gasteiger partial charge in [-0.3, -0.25) is 4.79 Å². The topological polar surface area (TPSA) is 48.0 Å². The van der Waals surface area contributed by atoms with Gasteiger partial charge < -0.3 is 19.1 Å². The first-order valence-corrected chi connectivity index (χ1v) is 7.44. The van der Waals surface area contributed by atoms with E-state index < -0.39 is 0 Å². The van der Waals surface area contributed by atoms with Crippen molar-refractivity contribution in [3.63, 3.8) is 0 Å². The van der Waals surface area contributed by atoms with Gasteiger partial charge in [0, 0.05) is 26.1 Å². The minimum atomic E-state index is 0.205. The minimum Gasteiger partial charge on any atom is -0.454 e. The molecule has 0 N–H and O–H groups in total. The average Bonchev–Trinajstić information content (AvgIpc) is 2.88. The van der Waals surface area contributed by atoms with E-state index in [4.69, 9.17) is 14.2 Å². The molecule has 21 heavy (non-hydrogen) atoms. The third-order valence-corrected chi connectivity index (χ3v) is 4.14. The molecule has 1 saturated carbocycles. The highest BCUT2D eigenvalue weighted by Crippen LogP contribution is 2.33. The molecular formula is C16H21NO4. The van der Waals surface area contributed by atoms with Gasteiger partial charge in [-0.1, -0.05) is 12.5 Å². The number of ether oxygens (including phenoxy) is 3. The first-order chi connectivity index (χ1) is 10.3. The Morgan fingerprint density at radius 3 is 2.86 bits per heavy atom. The van der Waals surface area contributed by atoms with E-state index in [0.717, 1.165) is 29.9 Å². The predicted molar refractivity (Wildman–Crippen MR) is 77.2 cm³/mol. The Morgan fingerprint density at radius 2 is 2.14 bits per heavy atom. The van der Waals surface area contributed by atoms with Crippen molar-refractivity contribution in [3.05, 3.63) is 23.8 Å². The lowest BCUT2D eigenvalue weighted by Gasteiger charge is -2.31. The largest absolute Gasteiger partial charge is 0.454 e. The number of hydrogen-bond acceptors (Lipinski definition) is 4. The molecule has 1 amide bonds. The Bertz CT molecular complexity index is 513. The van der Waals surface area contributed by atoms with Crippen molar-refractivity contribution in [2.75, 3.05) is 27.1 Å². The number of rotatable bonds is 6. The molecule has 2 aliphatic rings. The number of fused-ring (bicyclic) bond motifs is 1. The zero-order valence-electron chi connectivity index (χ0n) is 12.3. The summed E-state index contributed by atoms with van der Waals surface area (Å²) in [6.45, 7) is 2.05. The third-order valence-electron chi connectivity index (χ3n) is 4.14. The first kappa shape index (κ1) is 14.2. The summed E-state index contributed by atoms with van der Waals surface area (Å²) in [4.78, 5) is 14.4. The van der Waals surface area contributed by atoms with Crippen molar-refractivity contribution in [2.24, 2.45) is 5.92 Å². The first-order valence-electron chi connectivity index (χ1n) is 7.44. The molecule has 1 aromatic carbocycles. The van der Waals surface area contributed by atoms with Crippen molar-refractivity contribution >= 4 is 5.91 Å². The van der Waals surface area contributed by atoms with E-state index in [9.17, 15) is 4.79 Å². The number of benzene rings is 1. The second-order valence-corrected chi connectivity index (χ2v) is 5.57. The van der Waals surface area contributed by atoms with E-state index in [0.29, 0.717) is 19.7 Å². The van der Waals surface area contributed by atoms with Gasteiger partial charge in [0.1, 0.15) is 0 Å². The van der Waals surface area contributed by atoms with Crippen LogP contribution in [-0.2, 0) is 16.1 Å².